The summed E-state index contributed by atoms with van der Waals surface area (Å²) >= 11 is 0. The maximum atomic E-state index is 13.5. The number of anilines is 1. The van der Waals surface area contributed by atoms with Crippen LogP contribution in [0.1, 0.15) is 42.3 Å². The number of carbonyl (C=O) groups excluding carboxylic acids is 2. The minimum Gasteiger partial charge on any atom is -0.508 e. The lowest BCUT2D eigenvalue weighted by Gasteiger charge is -2.27. The van der Waals surface area contributed by atoms with Gasteiger partial charge in [-0.2, -0.15) is 0 Å². The molecule has 0 aromatic heterocycles. The number of methoxy groups -OCH3 is 1. The molecule has 0 bridgehead atoms. The molecule has 0 saturated carbocycles. The van der Waals surface area contributed by atoms with Crippen molar-refractivity contribution in [2.45, 2.75) is 32.8 Å². The number of phenolic OH excluding ortho intramolecular Hbond substituents is 2. The van der Waals surface area contributed by atoms with E-state index in [4.69, 9.17) is 9.47 Å². The summed E-state index contributed by atoms with van der Waals surface area (Å²) in [6.45, 7) is 4.86. The molecule has 0 heterocycles. The zero-order chi connectivity index (χ0) is 28.8. The van der Waals surface area contributed by atoms with Crippen LogP contribution in [0, 0.1) is 5.41 Å². The average molecular weight is 534 g/mol. The standard InChI is InChI=1S/C30H31NO8/c1-29(2,27(36)31-23-12-11-21(32)17-22(23)26(34)35)14-15-30(3,20-10-13-24(33)25(16-20)38-4)28(37)39-18-19-8-6-5-7-9-19/h5-17,32-33H,18H2,1-4H3,(H,31,36)(H,34,35)/b15-14+. The van der Waals surface area contributed by atoms with Crippen molar-refractivity contribution in [2.24, 2.45) is 5.41 Å². The van der Waals surface area contributed by atoms with Crippen LogP contribution >= 0.6 is 0 Å². The molecule has 1 amide bonds. The van der Waals surface area contributed by atoms with E-state index in [-0.39, 0.29) is 35.1 Å². The minimum atomic E-state index is -1.39. The van der Waals surface area contributed by atoms with Crippen molar-refractivity contribution in [3.05, 3.63) is 95.6 Å². The zero-order valence-corrected chi connectivity index (χ0v) is 22.1. The molecule has 3 aromatic carbocycles. The van der Waals surface area contributed by atoms with Gasteiger partial charge < -0.3 is 30.1 Å². The Morgan fingerprint density at radius 1 is 0.923 bits per heavy atom. The molecule has 3 aromatic rings. The predicted octanol–water partition coefficient (Wildman–Crippen LogP) is 5.03. The van der Waals surface area contributed by atoms with E-state index in [0.29, 0.717) is 5.56 Å². The number of esters is 1. The van der Waals surface area contributed by atoms with Crippen LogP contribution in [-0.2, 0) is 26.3 Å². The summed E-state index contributed by atoms with van der Waals surface area (Å²) in [7, 11) is 1.39. The third-order valence-electron chi connectivity index (χ3n) is 6.32. The number of phenols is 2. The van der Waals surface area contributed by atoms with Gasteiger partial charge >= 0.3 is 11.9 Å². The number of hydrogen-bond donors (Lipinski definition) is 4. The lowest BCUT2D eigenvalue weighted by atomic mass is 9.79. The third-order valence-corrected chi connectivity index (χ3v) is 6.32. The van der Waals surface area contributed by atoms with Gasteiger partial charge in [-0.15, -0.1) is 0 Å². The van der Waals surface area contributed by atoms with E-state index < -0.39 is 28.7 Å². The first kappa shape index (κ1) is 28.8. The maximum absolute atomic E-state index is 13.5. The molecule has 0 aliphatic rings. The summed E-state index contributed by atoms with van der Waals surface area (Å²) in [5.74, 6) is -2.65. The van der Waals surface area contributed by atoms with E-state index in [0.717, 1.165) is 11.6 Å². The SMILES string of the molecule is COc1cc(C(C)(/C=C/C(C)(C)C(=O)Nc2ccc(O)cc2C(=O)O)C(=O)OCc2ccccc2)ccc1O. The number of ether oxygens (including phenoxy) is 2. The van der Waals surface area contributed by atoms with Gasteiger partial charge in [-0.3, -0.25) is 9.59 Å². The van der Waals surface area contributed by atoms with Gasteiger partial charge in [0.1, 0.15) is 17.8 Å². The molecule has 1 atom stereocenters. The van der Waals surface area contributed by atoms with E-state index >= 15 is 0 Å². The maximum Gasteiger partial charge on any atom is 0.337 e. The first-order valence-electron chi connectivity index (χ1n) is 12.0. The minimum absolute atomic E-state index is 0.0140. The van der Waals surface area contributed by atoms with Gasteiger partial charge in [-0.25, -0.2) is 4.79 Å². The molecule has 0 spiro atoms. The van der Waals surface area contributed by atoms with Crippen molar-refractivity contribution in [2.75, 3.05) is 12.4 Å². The Bertz CT molecular complexity index is 1400. The zero-order valence-electron chi connectivity index (χ0n) is 22.1. The molecule has 0 radical (unpaired) electrons. The summed E-state index contributed by atoms with van der Waals surface area (Å²) in [5.41, 5.74) is -1.61. The van der Waals surface area contributed by atoms with Gasteiger partial charge in [0.25, 0.3) is 0 Å². The van der Waals surface area contributed by atoms with Gasteiger partial charge in [0.05, 0.1) is 23.8 Å². The Morgan fingerprint density at radius 2 is 1.62 bits per heavy atom. The second-order valence-electron chi connectivity index (χ2n) is 9.69. The highest BCUT2D eigenvalue weighted by Gasteiger charge is 2.37. The quantitative estimate of drug-likeness (QED) is 0.162. The summed E-state index contributed by atoms with van der Waals surface area (Å²) < 4.78 is 10.9. The summed E-state index contributed by atoms with van der Waals surface area (Å²) in [5, 5.41) is 31.7. The predicted molar refractivity (Wildman–Crippen MR) is 145 cm³/mol. The fourth-order valence-corrected chi connectivity index (χ4v) is 3.71. The van der Waals surface area contributed by atoms with E-state index in [9.17, 15) is 29.7 Å². The van der Waals surface area contributed by atoms with Crippen LogP contribution in [0.3, 0.4) is 0 Å². The summed E-state index contributed by atoms with van der Waals surface area (Å²) in [6, 6.07) is 17.3. The first-order valence-corrected chi connectivity index (χ1v) is 12.0. The van der Waals surface area contributed by atoms with Crippen molar-refractivity contribution < 1.29 is 39.2 Å². The number of carboxylic acids is 1. The normalized spacial score (nSPS) is 12.9. The third kappa shape index (κ3) is 6.75. The second-order valence-corrected chi connectivity index (χ2v) is 9.69. The molecule has 204 valence electrons. The Balaban J connectivity index is 1.94. The van der Waals surface area contributed by atoms with Crippen molar-refractivity contribution in [1.29, 1.82) is 0 Å². The average Bonchev–Trinajstić information content (AvgIpc) is 2.92. The number of rotatable bonds is 10. The highest BCUT2D eigenvalue weighted by atomic mass is 16.5. The number of nitrogens with one attached hydrogen (secondary N) is 1. The highest BCUT2D eigenvalue weighted by molar-refractivity contribution is 6.03. The van der Waals surface area contributed by atoms with Gasteiger partial charge in [0.2, 0.25) is 5.91 Å². The van der Waals surface area contributed by atoms with Crippen molar-refractivity contribution in [3.63, 3.8) is 0 Å². The molecule has 4 N–H and O–H groups in total. The molecular weight excluding hydrogens is 502 g/mol. The summed E-state index contributed by atoms with van der Waals surface area (Å²) in [4.78, 5) is 38.3. The molecule has 0 aliphatic carbocycles. The Labute approximate surface area is 226 Å². The monoisotopic (exact) mass is 533 g/mol. The fraction of sp³-hybridized carbons (Fsp3) is 0.233. The second kappa shape index (κ2) is 11.7. The van der Waals surface area contributed by atoms with Gasteiger partial charge in [-0.1, -0.05) is 48.6 Å². The molecule has 9 nitrogen and oxygen atoms in total. The van der Waals surface area contributed by atoms with Gasteiger partial charge in [-0.05, 0) is 62.2 Å². The molecule has 0 fully saturated rings. The summed E-state index contributed by atoms with van der Waals surface area (Å²) in [6.07, 6.45) is 3.08. The Kier molecular flexibility index (Phi) is 8.65. The van der Waals surface area contributed by atoms with E-state index in [1.54, 1.807) is 32.9 Å². The largest absolute Gasteiger partial charge is 0.508 e. The highest BCUT2D eigenvalue weighted by Crippen LogP contribution is 2.36. The van der Waals surface area contributed by atoms with Crippen molar-refractivity contribution >= 4 is 23.5 Å². The number of benzene rings is 3. The van der Waals surface area contributed by atoms with Crippen LogP contribution in [0.5, 0.6) is 17.2 Å². The van der Waals surface area contributed by atoms with E-state index in [2.05, 4.69) is 5.32 Å². The van der Waals surface area contributed by atoms with Crippen LogP contribution in [0.2, 0.25) is 0 Å². The number of aromatic hydroxyl groups is 2. The lowest BCUT2D eigenvalue weighted by molar-refractivity contribution is -0.149. The lowest BCUT2D eigenvalue weighted by Crippen LogP contribution is -2.34. The molecular formula is C30H31NO8. The van der Waals surface area contributed by atoms with Crippen LogP contribution in [0.15, 0.2) is 78.9 Å². The molecule has 39 heavy (non-hydrogen) atoms. The molecule has 0 saturated heterocycles. The molecule has 1 unspecified atom stereocenters. The topological polar surface area (TPSA) is 142 Å². The Hall–Kier alpha value is -4.79. The van der Waals surface area contributed by atoms with E-state index in [1.165, 1.54) is 37.5 Å². The number of amides is 1. The van der Waals surface area contributed by atoms with Crippen LogP contribution < -0.4 is 10.1 Å². The molecule has 3 rings (SSSR count). The molecule has 9 heteroatoms. The van der Waals surface area contributed by atoms with Gasteiger partial charge in [0.15, 0.2) is 11.5 Å². The molecule has 0 aliphatic heterocycles. The Morgan fingerprint density at radius 3 is 2.26 bits per heavy atom. The van der Waals surface area contributed by atoms with Crippen LogP contribution in [0.4, 0.5) is 5.69 Å². The number of aromatic carboxylic acids is 1. The number of carbonyl (C=O) groups is 3. The number of hydrogen-bond acceptors (Lipinski definition) is 7. The number of carboxylic acid groups (broad SMARTS) is 1. The fourth-order valence-electron chi connectivity index (χ4n) is 3.71. The van der Waals surface area contributed by atoms with E-state index in [1.807, 2.05) is 30.3 Å². The smallest absolute Gasteiger partial charge is 0.337 e. The van der Waals surface area contributed by atoms with Gasteiger partial charge in [0, 0.05) is 0 Å². The van der Waals surface area contributed by atoms with Crippen molar-refractivity contribution in [1.82, 2.24) is 0 Å². The van der Waals surface area contributed by atoms with Crippen LogP contribution in [-0.4, -0.2) is 40.3 Å². The van der Waals surface area contributed by atoms with Crippen molar-refractivity contribution in [3.8, 4) is 17.2 Å². The van der Waals surface area contributed by atoms with Crippen LogP contribution in [0.25, 0.3) is 0 Å². The first-order chi connectivity index (χ1) is 18.4.